The van der Waals surface area contributed by atoms with Gasteiger partial charge in [0.15, 0.2) is 0 Å². The van der Waals surface area contributed by atoms with Crippen LogP contribution >= 0.6 is 15.9 Å². The van der Waals surface area contributed by atoms with Crippen molar-refractivity contribution in [2.45, 2.75) is 32.6 Å². The number of halogens is 1. The maximum atomic E-state index is 10.3. The summed E-state index contributed by atoms with van der Waals surface area (Å²) in [5.74, 6) is 0.530. The van der Waals surface area contributed by atoms with E-state index in [0.29, 0.717) is 12.3 Å². The standard InChI is InChI=1S/C12H15BrO/c1-9(2)11-6-10(4-3-5-14)7-12(13)8-11/h5-9H,3-4H2,1-2H3. The van der Waals surface area contributed by atoms with Crippen molar-refractivity contribution in [2.24, 2.45) is 0 Å². The molecule has 0 aliphatic carbocycles. The zero-order chi connectivity index (χ0) is 10.6. The molecule has 0 saturated carbocycles. The van der Waals surface area contributed by atoms with E-state index in [4.69, 9.17) is 0 Å². The summed E-state index contributed by atoms with van der Waals surface area (Å²) in [5.41, 5.74) is 2.55. The van der Waals surface area contributed by atoms with Crippen LogP contribution in [0.3, 0.4) is 0 Å². The number of carbonyl (C=O) groups is 1. The van der Waals surface area contributed by atoms with Gasteiger partial charge in [0, 0.05) is 10.9 Å². The topological polar surface area (TPSA) is 17.1 Å². The number of carbonyl (C=O) groups excluding carboxylic acids is 1. The van der Waals surface area contributed by atoms with Crippen molar-refractivity contribution >= 4 is 22.2 Å². The molecular formula is C12H15BrO. The van der Waals surface area contributed by atoms with Crippen molar-refractivity contribution in [3.8, 4) is 0 Å². The Balaban J connectivity index is 2.89. The van der Waals surface area contributed by atoms with E-state index in [1.165, 1.54) is 11.1 Å². The lowest BCUT2D eigenvalue weighted by molar-refractivity contribution is -0.107. The molecule has 0 spiro atoms. The molecule has 0 aliphatic heterocycles. The lowest BCUT2D eigenvalue weighted by Gasteiger charge is -2.08. The lowest BCUT2D eigenvalue weighted by atomic mass is 9.99. The summed E-state index contributed by atoms with van der Waals surface area (Å²) in [6, 6.07) is 6.39. The van der Waals surface area contributed by atoms with E-state index >= 15 is 0 Å². The SMILES string of the molecule is CC(C)c1cc(Br)cc(CCC=O)c1. The van der Waals surface area contributed by atoms with Crippen LogP contribution in [0.2, 0.25) is 0 Å². The minimum Gasteiger partial charge on any atom is -0.303 e. The van der Waals surface area contributed by atoms with Crippen LogP contribution in [0.4, 0.5) is 0 Å². The van der Waals surface area contributed by atoms with Gasteiger partial charge in [0.25, 0.3) is 0 Å². The first kappa shape index (κ1) is 11.4. The Hall–Kier alpha value is -0.630. The van der Waals surface area contributed by atoms with Gasteiger partial charge < -0.3 is 4.79 Å². The Morgan fingerprint density at radius 2 is 2.07 bits per heavy atom. The third-order valence-corrected chi connectivity index (χ3v) is 2.66. The highest BCUT2D eigenvalue weighted by molar-refractivity contribution is 9.10. The monoisotopic (exact) mass is 254 g/mol. The van der Waals surface area contributed by atoms with Gasteiger partial charge in [-0.25, -0.2) is 0 Å². The molecule has 0 fully saturated rings. The highest BCUT2D eigenvalue weighted by Gasteiger charge is 2.02. The third kappa shape index (κ3) is 3.26. The van der Waals surface area contributed by atoms with Crippen LogP contribution < -0.4 is 0 Å². The molecule has 1 nitrogen and oxygen atoms in total. The minimum atomic E-state index is 0.530. The second-order valence-corrected chi connectivity index (χ2v) is 4.67. The molecule has 76 valence electrons. The van der Waals surface area contributed by atoms with E-state index in [9.17, 15) is 4.79 Å². The van der Waals surface area contributed by atoms with Gasteiger partial charge in [0.1, 0.15) is 6.29 Å². The van der Waals surface area contributed by atoms with E-state index in [1.807, 2.05) is 0 Å². The first-order chi connectivity index (χ1) is 6.63. The van der Waals surface area contributed by atoms with Crippen molar-refractivity contribution in [3.05, 3.63) is 33.8 Å². The average molecular weight is 255 g/mol. The van der Waals surface area contributed by atoms with Crippen molar-refractivity contribution in [2.75, 3.05) is 0 Å². The van der Waals surface area contributed by atoms with Crippen LogP contribution in [0.15, 0.2) is 22.7 Å². The zero-order valence-electron chi connectivity index (χ0n) is 8.59. The minimum absolute atomic E-state index is 0.530. The van der Waals surface area contributed by atoms with Gasteiger partial charge in [-0.05, 0) is 35.6 Å². The number of hydrogen-bond donors (Lipinski definition) is 0. The van der Waals surface area contributed by atoms with E-state index in [2.05, 4.69) is 48.0 Å². The summed E-state index contributed by atoms with van der Waals surface area (Å²) in [7, 11) is 0. The molecule has 0 N–H and O–H groups in total. The largest absolute Gasteiger partial charge is 0.303 e. The number of aldehydes is 1. The van der Waals surface area contributed by atoms with Crippen molar-refractivity contribution in [1.29, 1.82) is 0 Å². The smallest absolute Gasteiger partial charge is 0.120 e. The Kier molecular flexibility index (Phi) is 4.33. The fraction of sp³-hybridized carbons (Fsp3) is 0.417. The summed E-state index contributed by atoms with van der Waals surface area (Å²) in [6.07, 6.45) is 2.41. The molecule has 0 saturated heterocycles. The van der Waals surface area contributed by atoms with E-state index in [1.54, 1.807) is 0 Å². The van der Waals surface area contributed by atoms with Gasteiger partial charge in [0.05, 0.1) is 0 Å². The summed E-state index contributed by atoms with van der Waals surface area (Å²) >= 11 is 3.48. The van der Waals surface area contributed by atoms with Crippen LogP contribution in [0, 0.1) is 0 Å². The summed E-state index contributed by atoms with van der Waals surface area (Å²) in [5, 5.41) is 0. The van der Waals surface area contributed by atoms with Crippen molar-refractivity contribution in [3.63, 3.8) is 0 Å². The van der Waals surface area contributed by atoms with Crippen LogP contribution in [0.25, 0.3) is 0 Å². The van der Waals surface area contributed by atoms with Gasteiger partial charge in [-0.15, -0.1) is 0 Å². The maximum Gasteiger partial charge on any atom is 0.120 e. The molecule has 0 amide bonds. The first-order valence-electron chi connectivity index (χ1n) is 4.86. The molecule has 0 aliphatic rings. The van der Waals surface area contributed by atoms with E-state index in [-0.39, 0.29) is 0 Å². The normalized spacial score (nSPS) is 10.6. The Morgan fingerprint density at radius 1 is 1.36 bits per heavy atom. The van der Waals surface area contributed by atoms with Crippen molar-refractivity contribution < 1.29 is 4.79 Å². The average Bonchev–Trinajstić information content (AvgIpc) is 2.14. The summed E-state index contributed by atoms with van der Waals surface area (Å²) < 4.78 is 1.10. The Bertz CT molecular complexity index is 318. The summed E-state index contributed by atoms with van der Waals surface area (Å²) in [4.78, 5) is 10.3. The first-order valence-corrected chi connectivity index (χ1v) is 5.65. The molecule has 0 unspecified atom stereocenters. The Labute approximate surface area is 93.7 Å². The maximum absolute atomic E-state index is 10.3. The second kappa shape index (κ2) is 5.30. The second-order valence-electron chi connectivity index (χ2n) is 3.75. The molecule has 0 heterocycles. The molecule has 2 heteroatoms. The highest BCUT2D eigenvalue weighted by Crippen LogP contribution is 2.22. The predicted octanol–water partition coefficient (Wildman–Crippen LogP) is 3.70. The fourth-order valence-corrected chi connectivity index (χ4v) is 1.94. The van der Waals surface area contributed by atoms with Crippen LogP contribution in [-0.2, 0) is 11.2 Å². The molecule has 1 aromatic carbocycles. The molecule has 1 aromatic rings. The molecule has 1 rings (SSSR count). The highest BCUT2D eigenvalue weighted by atomic mass is 79.9. The number of aryl methyl sites for hydroxylation is 1. The predicted molar refractivity (Wildman–Crippen MR) is 62.6 cm³/mol. The van der Waals surface area contributed by atoms with Gasteiger partial charge >= 0.3 is 0 Å². The van der Waals surface area contributed by atoms with Gasteiger partial charge in [0.2, 0.25) is 0 Å². The molecule has 14 heavy (non-hydrogen) atoms. The fourth-order valence-electron chi connectivity index (χ4n) is 1.38. The van der Waals surface area contributed by atoms with E-state index < -0.39 is 0 Å². The van der Waals surface area contributed by atoms with Crippen LogP contribution in [-0.4, -0.2) is 6.29 Å². The van der Waals surface area contributed by atoms with E-state index in [0.717, 1.165) is 17.2 Å². The molecule has 0 radical (unpaired) electrons. The number of rotatable bonds is 4. The third-order valence-electron chi connectivity index (χ3n) is 2.20. The quantitative estimate of drug-likeness (QED) is 0.749. The van der Waals surface area contributed by atoms with Gasteiger partial charge in [-0.1, -0.05) is 35.8 Å². The summed E-state index contributed by atoms with van der Waals surface area (Å²) in [6.45, 7) is 4.34. The Morgan fingerprint density at radius 3 is 2.64 bits per heavy atom. The zero-order valence-corrected chi connectivity index (χ0v) is 10.2. The molecule has 0 aromatic heterocycles. The molecule has 0 bridgehead atoms. The van der Waals surface area contributed by atoms with Crippen LogP contribution in [0.5, 0.6) is 0 Å². The number of benzene rings is 1. The van der Waals surface area contributed by atoms with Crippen molar-refractivity contribution in [1.82, 2.24) is 0 Å². The van der Waals surface area contributed by atoms with Gasteiger partial charge in [-0.3, -0.25) is 0 Å². The van der Waals surface area contributed by atoms with Crippen LogP contribution in [0.1, 0.15) is 37.3 Å². The lowest BCUT2D eigenvalue weighted by Crippen LogP contribution is -1.92. The number of hydrogen-bond acceptors (Lipinski definition) is 1. The van der Waals surface area contributed by atoms with Gasteiger partial charge in [-0.2, -0.15) is 0 Å². The molecule has 0 atom stereocenters. The molecular weight excluding hydrogens is 240 g/mol.